The lowest BCUT2D eigenvalue weighted by atomic mass is 10.2. The molecule has 1 N–H and O–H groups in total. The van der Waals surface area contributed by atoms with Crippen LogP contribution in [-0.4, -0.2) is 9.78 Å². The number of nitrogens with one attached hydrogen (secondary N) is 1. The molecule has 0 aliphatic heterocycles. The van der Waals surface area contributed by atoms with E-state index >= 15 is 0 Å². The molecule has 17 heavy (non-hydrogen) atoms. The first-order valence-corrected chi connectivity index (χ1v) is 6.42. The Morgan fingerprint density at radius 2 is 2.00 bits per heavy atom. The van der Waals surface area contributed by atoms with Gasteiger partial charge in [-0.1, -0.05) is 28.1 Å². The van der Waals surface area contributed by atoms with Crippen molar-refractivity contribution in [3.8, 4) is 0 Å². The van der Waals surface area contributed by atoms with Gasteiger partial charge in [0.1, 0.15) is 0 Å². The lowest BCUT2D eigenvalue weighted by Gasteiger charge is -2.14. The Hall–Kier alpha value is -1.13. The quantitative estimate of drug-likeness (QED) is 0.939. The zero-order valence-corrected chi connectivity index (χ0v) is 11.6. The predicted molar refractivity (Wildman–Crippen MR) is 72.6 cm³/mol. The molecule has 0 saturated carbocycles. The summed E-state index contributed by atoms with van der Waals surface area (Å²) in [6, 6.07) is 10.7. The Labute approximate surface area is 110 Å². The topological polar surface area (TPSA) is 29.9 Å². The summed E-state index contributed by atoms with van der Waals surface area (Å²) >= 11 is 3.43. The Bertz CT molecular complexity index is 476. The molecule has 3 nitrogen and oxygen atoms in total. The van der Waals surface area contributed by atoms with Crippen molar-refractivity contribution < 1.29 is 0 Å². The highest BCUT2D eigenvalue weighted by molar-refractivity contribution is 9.10. The van der Waals surface area contributed by atoms with Crippen LogP contribution in [0.25, 0.3) is 0 Å². The van der Waals surface area contributed by atoms with Gasteiger partial charge in [0.25, 0.3) is 0 Å². The van der Waals surface area contributed by atoms with Crippen molar-refractivity contribution in [2.45, 2.75) is 19.5 Å². The van der Waals surface area contributed by atoms with E-state index in [1.165, 1.54) is 11.3 Å². The van der Waals surface area contributed by atoms with E-state index in [4.69, 9.17) is 0 Å². The van der Waals surface area contributed by atoms with Crippen LogP contribution in [0.5, 0.6) is 0 Å². The first kappa shape index (κ1) is 12.3. The summed E-state index contributed by atoms with van der Waals surface area (Å²) < 4.78 is 3.01. The second-order valence-corrected chi connectivity index (χ2v) is 5.02. The SMILES string of the molecule is CC(NCc1ccc(Br)cc1)c1ccnn1C. The molecule has 90 valence electrons. The molecule has 2 aromatic rings. The Morgan fingerprint density at radius 3 is 2.59 bits per heavy atom. The highest BCUT2D eigenvalue weighted by Crippen LogP contribution is 2.13. The van der Waals surface area contributed by atoms with Crippen LogP contribution in [0.1, 0.15) is 24.2 Å². The molecule has 0 bridgehead atoms. The van der Waals surface area contributed by atoms with Gasteiger partial charge in [-0.2, -0.15) is 5.10 Å². The molecule has 0 amide bonds. The van der Waals surface area contributed by atoms with Crippen molar-refractivity contribution in [2.75, 3.05) is 0 Å². The van der Waals surface area contributed by atoms with E-state index in [1.807, 2.05) is 24.0 Å². The molecule has 0 fully saturated rings. The number of hydrogen-bond acceptors (Lipinski definition) is 2. The van der Waals surface area contributed by atoms with Gasteiger partial charge in [-0.3, -0.25) is 4.68 Å². The Morgan fingerprint density at radius 1 is 1.29 bits per heavy atom. The molecule has 1 atom stereocenters. The number of aromatic nitrogens is 2. The van der Waals surface area contributed by atoms with E-state index in [9.17, 15) is 0 Å². The average molecular weight is 294 g/mol. The third-order valence-corrected chi connectivity index (χ3v) is 3.36. The van der Waals surface area contributed by atoms with E-state index < -0.39 is 0 Å². The maximum Gasteiger partial charge on any atom is 0.0547 e. The summed E-state index contributed by atoms with van der Waals surface area (Å²) in [7, 11) is 1.97. The van der Waals surface area contributed by atoms with Crippen LogP contribution in [-0.2, 0) is 13.6 Å². The van der Waals surface area contributed by atoms with Gasteiger partial charge in [0.05, 0.1) is 5.69 Å². The second kappa shape index (κ2) is 5.47. The molecule has 1 aromatic heterocycles. The zero-order valence-electron chi connectivity index (χ0n) is 10.0. The molecule has 1 aromatic carbocycles. The molecule has 0 aliphatic rings. The van der Waals surface area contributed by atoms with Crippen molar-refractivity contribution in [1.29, 1.82) is 0 Å². The van der Waals surface area contributed by atoms with Crippen LogP contribution in [0.3, 0.4) is 0 Å². The lowest BCUT2D eigenvalue weighted by Crippen LogP contribution is -2.20. The van der Waals surface area contributed by atoms with Crippen molar-refractivity contribution in [3.63, 3.8) is 0 Å². The summed E-state index contributed by atoms with van der Waals surface area (Å²) in [6.07, 6.45) is 1.83. The number of aryl methyl sites for hydroxylation is 1. The molecule has 0 spiro atoms. The molecule has 1 unspecified atom stereocenters. The molecular weight excluding hydrogens is 278 g/mol. The van der Waals surface area contributed by atoms with E-state index in [-0.39, 0.29) is 0 Å². The molecule has 0 radical (unpaired) electrons. The predicted octanol–water partition coefficient (Wildman–Crippen LogP) is 3.03. The zero-order chi connectivity index (χ0) is 12.3. The monoisotopic (exact) mass is 293 g/mol. The number of benzene rings is 1. The molecule has 2 rings (SSSR count). The third-order valence-electron chi connectivity index (χ3n) is 2.83. The van der Waals surface area contributed by atoms with Gasteiger partial charge in [0.2, 0.25) is 0 Å². The van der Waals surface area contributed by atoms with E-state index in [0.717, 1.165) is 11.0 Å². The molecular formula is C13H16BrN3. The van der Waals surface area contributed by atoms with Gasteiger partial charge >= 0.3 is 0 Å². The van der Waals surface area contributed by atoms with Gasteiger partial charge in [0, 0.05) is 30.3 Å². The average Bonchev–Trinajstić information content (AvgIpc) is 2.74. The van der Waals surface area contributed by atoms with Crippen LogP contribution in [0.4, 0.5) is 0 Å². The first-order chi connectivity index (χ1) is 8.16. The maximum atomic E-state index is 4.17. The lowest BCUT2D eigenvalue weighted by molar-refractivity contribution is 0.530. The number of rotatable bonds is 4. The Balaban J connectivity index is 1.94. The largest absolute Gasteiger partial charge is 0.305 e. The first-order valence-electron chi connectivity index (χ1n) is 5.62. The minimum Gasteiger partial charge on any atom is -0.305 e. The fourth-order valence-corrected chi connectivity index (χ4v) is 2.05. The van der Waals surface area contributed by atoms with Crippen LogP contribution in [0, 0.1) is 0 Å². The molecule has 0 saturated heterocycles. The van der Waals surface area contributed by atoms with Crippen molar-refractivity contribution in [2.24, 2.45) is 7.05 Å². The third kappa shape index (κ3) is 3.17. The van der Waals surface area contributed by atoms with Crippen LogP contribution < -0.4 is 5.32 Å². The van der Waals surface area contributed by atoms with Crippen LogP contribution >= 0.6 is 15.9 Å². The standard InChI is InChI=1S/C13H16BrN3/c1-10(13-7-8-16-17(13)2)15-9-11-3-5-12(14)6-4-11/h3-8,10,15H,9H2,1-2H3. The van der Waals surface area contributed by atoms with Gasteiger partial charge < -0.3 is 5.32 Å². The summed E-state index contributed by atoms with van der Waals surface area (Å²) in [4.78, 5) is 0. The summed E-state index contributed by atoms with van der Waals surface area (Å²) in [5.74, 6) is 0. The summed E-state index contributed by atoms with van der Waals surface area (Å²) in [5, 5.41) is 7.66. The van der Waals surface area contributed by atoms with Crippen molar-refractivity contribution in [3.05, 3.63) is 52.3 Å². The van der Waals surface area contributed by atoms with Crippen LogP contribution in [0.15, 0.2) is 41.0 Å². The van der Waals surface area contributed by atoms with Crippen LogP contribution in [0.2, 0.25) is 0 Å². The summed E-state index contributed by atoms with van der Waals surface area (Å²) in [6.45, 7) is 3.01. The highest BCUT2D eigenvalue weighted by atomic mass is 79.9. The van der Waals surface area contributed by atoms with E-state index in [0.29, 0.717) is 6.04 Å². The minimum atomic E-state index is 0.297. The fourth-order valence-electron chi connectivity index (χ4n) is 1.79. The highest BCUT2D eigenvalue weighted by Gasteiger charge is 2.08. The van der Waals surface area contributed by atoms with Crippen molar-refractivity contribution in [1.82, 2.24) is 15.1 Å². The van der Waals surface area contributed by atoms with Gasteiger partial charge in [-0.15, -0.1) is 0 Å². The van der Waals surface area contributed by atoms with Crippen molar-refractivity contribution >= 4 is 15.9 Å². The fraction of sp³-hybridized carbons (Fsp3) is 0.308. The second-order valence-electron chi connectivity index (χ2n) is 4.11. The normalized spacial score (nSPS) is 12.6. The van der Waals surface area contributed by atoms with E-state index in [1.54, 1.807) is 0 Å². The smallest absolute Gasteiger partial charge is 0.0547 e. The number of hydrogen-bond donors (Lipinski definition) is 1. The van der Waals surface area contributed by atoms with Gasteiger partial charge in [-0.05, 0) is 30.7 Å². The summed E-state index contributed by atoms with van der Waals surface area (Å²) in [5.41, 5.74) is 2.48. The molecule has 4 heteroatoms. The molecule has 1 heterocycles. The Kier molecular flexibility index (Phi) is 3.97. The number of nitrogens with zero attached hydrogens (tertiary/aromatic N) is 2. The molecule has 0 aliphatic carbocycles. The van der Waals surface area contributed by atoms with Gasteiger partial charge in [-0.25, -0.2) is 0 Å². The maximum absolute atomic E-state index is 4.17. The van der Waals surface area contributed by atoms with E-state index in [2.05, 4.69) is 57.5 Å². The van der Waals surface area contributed by atoms with Gasteiger partial charge in [0.15, 0.2) is 0 Å². The number of halogens is 1. The minimum absolute atomic E-state index is 0.297.